The molecule has 2 heterocycles. The van der Waals surface area contributed by atoms with Crippen molar-refractivity contribution in [2.45, 2.75) is 12.6 Å². The third-order valence-electron chi connectivity index (χ3n) is 3.14. The van der Waals surface area contributed by atoms with E-state index >= 15 is 0 Å². The molecule has 0 unspecified atom stereocenters. The molecule has 0 saturated heterocycles. The normalized spacial score (nSPS) is 19.1. The van der Waals surface area contributed by atoms with Crippen molar-refractivity contribution in [2.24, 2.45) is 0 Å². The summed E-state index contributed by atoms with van der Waals surface area (Å²) in [6.45, 7) is 1.73. The van der Waals surface area contributed by atoms with Crippen LogP contribution in [0.2, 0.25) is 0 Å². The van der Waals surface area contributed by atoms with Gasteiger partial charge in [-0.2, -0.15) is 0 Å². The molecule has 2 aromatic rings. The molecule has 2 nitrogen and oxygen atoms in total. The maximum Gasteiger partial charge on any atom is 0.159 e. The molecule has 0 fully saturated rings. The molecule has 0 radical (unpaired) electrons. The summed E-state index contributed by atoms with van der Waals surface area (Å²) in [5.74, 6) is -1.60. The average Bonchev–Trinajstić information content (AvgIpc) is 2.80. The minimum absolute atomic E-state index is 0.0613. The van der Waals surface area contributed by atoms with Crippen LogP contribution in [0, 0.1) is 11.6 Å². The maximum atomic E-state index is 13.2. The Morgan fingerprint density at radius 3 is 2.88 bits per heavy atom. The smallest absolute Gasteiger partial charge is 0.159 e. The molecule has 1 aliphatic heterocycles. The summed E-state index contributed by atoms with van der Waals surface area (Å²) in [5.41, 5.74) is 1.84. The standard InChI is InChI=1S/C13H12F2N2/c14-10-4-3-9(8-11(10)15)13-12-2-1-6-17(12)7-5-16-13/h1-4,6,8,13,16H,5,7H2/t13-/m0/s1. The zero-order valence-electron chi connectivity index (χ0n) is 9.16. The van der Waals surface area contributed by atoms with E-state index in [1.54, 1.807) is 6.07 Å². The van der Waals surface area contributed by atoms with E-state index in [2.05, 4.69) is 9.88 Å². The molecule has 0 bridgehead atoms. The molecule has 1 aromatic heterocycles. The second-order valence-electron chi connectivity index (χ2n) is 4.19. The van der Waals surface area contributed by atoms with E-state index in [4.69, 9.17) is 0 Å². The zero-order valence-corrected chi connectivity index (χ0v) is 9.16. The number of hydrogen-bond donors (Lipinski definition) is 1. The number of fused-ring (bicyclic) bond motifs is 1. The first-order valence-electron chi connectivity index (χ1n) is 5.59. The number of nitrogens with one attached hydrogen (secondary N) is 1. The lowest BCUT2D eigenvalue weighted by molar-refractivity contribution is 0.460. The van der Waals surface area contributed by atoms with Gasteiger partial charge in [-0.15, -0.1) is 0 Å². The van der Waals surface area contributed by atoms with Gasteiger partial charge in [0.05, 0.1) is 6.04 Å². The fourth-order valence-electron chi connectivity index (χ4n) is 2.31. The van der Waals surface area contributed by atoms with Crippen molar-refractivity contribution in [3.8, 4) is 0 Å². The first-order chi connectivity index (χ1) is 8.25. The molecule has 3 rings (SSSR count). The van der Waals surface area contributed by atoms with Gasteiger partial charge in [-0.3, -0.25) is 0 Å². The van der Waals surface area contributed by atoms with Crippen molar-refractivity contribution >= 4 is 0 Å². The Morgan fingerprint density at radius 2 is 2.06 bits per heavy atom. The maximum absolute atomic E-state index is 13.2. The van der Waals surface area contributed by atoms with Crippen LogP contribution < -0.4 is 5.32 Å². The fourth-order valence-corrected chi connectivity index (χ4v) is 2.31. The Labute approximate surface area is 97.9 Å². The second-order valence-corrected chi connectivity index (χ2v) is 4.19. The molecular weight excluding hydrogens is 222 g/mol. The Morgan fingerprint density at radius 1 is 1.18 bits per heavy atom. The van der Waals surface area contributed by atoms with Crippen molar-refractivity contribution in [1.82, 2.24) is 9.88 Å². The quantitative estimate of drug-likeness (QED) is 0.802. The number of rotatable bonds is 1. The van der Waals surface area contributed by atoms with Crippen molar-refractivity contribution in [2.75, 3.05) is 6.54 Å². The molecule has 1 aliphatic rings. The van der Waals surface area contributed by atoms with Crippen LogP contribution in [0.4, 0.5) is 8.78 Å². The van der Waals surface area contributed by atoms with Crippen molar-refractivity contribution in [1.29, 1.82) is 0 Å². The van der Waals surface area contributed by atoms with Crippen LogP contribution in [-0.2, 0) is 6.54 Å². The van der Waals surface area contributed by atoms with Gasteiger partial charge in [-0.1, -0.05) is 6.07 Å². The molecular formula is C13H12F2N2. The molecule has 0 amide bonds. The SMILES string of the molecule is Fc1ccc([C@@H]2NCCn3cccc32)cc1F. The molecule has 1 atom stereocenters. The Balaban J connectivity index is 2.03. The second kappa shape index (κ2) is 3.96. The van der Waals surface area contributed by atoms with Crippen LogP contribution >= 0.6 is 0 Å². The highest BCUT2D eigenvalue weighted by Gasteiger charge is 2.21. The van der Waals surface area contributed by atoms with E-state index in [1.807, 2.05) is 18.3 Å². The van der Waals surface area contributed by atoms with Gasteiger partial charge in [0.1, 0.15) is 0 Å². The Bertz CT molecular complexity index is 548. The minimum atomic E-state index is -0.806. The summed E-state index contributed by atoms with van der Waals surface area (Å²) >= 11 is 0. The first-order valence-corrected chi connectivity index (χ1v) is 5.59. The molecule has 0 saturated carbocycles. The molecule has 0 spiro atoms. The van der Waals surface area contributed by atoms with Gasteiger partial charge in [0, 0.05) is 25.0 Å². The van der Waals surface area contributed by atoms with Crippen LogP contribution in [0.3, 0.4) is 0 Å². The highest BCUT2D eigenvalue weighted by molar-refractivity contribution is 5.30. The summed E-state index contributed by atoms with van der Waals surface area (Å²) < 4.78 is 28.3. The fraction of sp³-hybridized carbons (Fsp3) is 0.231. The lowest BCUT2D eigenvalue weighted by Crippen LogP contribution is -2.33. The van der Waals surface area contributed by atoms with Gasteiger partial charge >= 0.3 is 0 Å². The van der Waals surface area contributed by atoms with Crippen LogP contribution in [-0.4, -0.2) is 11.1 Å². The Hall–Kier alpha value is -1.68. The average molecular weight is 234 g/mol. The van der Waals surface area contributed by atoms with E-state index in [9.17, 15) is 8.78 Å². The molecule has 88 valence electrons. The van der Waals surface area contributed by atoms with E-state index < -0.39 is 11.6 Å². The lowest BCUT2D eigenvalue weighted by Gasteiger charge is -2.26. The van der Waals surface area contributed by atoms with Gasteiger partial charge in [0.25, 0.3) is 0 Å². The number of nitrogens with zero attached hydrogens (tertiary/aromatic N) is 1. The summed E-state index contributed by atoms with van der Waals surface area (Å²) in [6, 6.07) is 7.96. The number of halogens is 2. The van der Waals surface area contributed by atoms with E-state index in [0.29, 0.717) is 0 Å². The molecule has 1 aromatic carbocycles. The van der Waals surface area contributed by atoms with Gasteiger partial charge in [-0.25, -0.2) is 8.78 Å². The van der Waals surface area contributed by atoms with Gasteiger partial charge < -0.3 is 9.88 Å². The summed E-state index contributed by atoms with van der Waals surface area (Å²) in [5, 5.41) is 3.31. The van der Waals surface area contributed by atoms with Crippen molar-refractivity contribution < 1.29 is 8.78 Å². The Kier molecular flexibility index (Phi) is 2.44. The molecule has 1 N–H and O–H groups in total. The third kappa shape index (κ3) is 1.74. The highest BCUT2D eigenvalue weighted by atomic mass is 19.2. The van der Waals surface area contributed by atoms with Gasteiger partial charge in [-0.05, 0) is 29.8 Å². The van der Waals surface area contributed by atoms with Crippen LogP contribution in [0.5, 0.6) is 0 Å². The lowest BCUT2D eigenvalue weighted by atomic mass is 10.0. The van der Waals surface area contributed by atoms with Crippen molar-refractivity contribution in [3.63, 3.8) is 0 Å². The topological polar surface area (TPSA) is 17.0 Å². The van der Waals surface area contributed by atoms with Gasteiger partial charge in [0.2, 0.25) is 0 Å². The number of benzene rings is 1. The van der Waals surface area contributed by atoms with Crippen LogP contribution in [0.25, 0.3) is 0 Å². The minimum Gasteiger partial charge on any atom is -0.348 e. The predicted molar refractivity (Wildman–Crippen MR) is 60.6 cm³/mol. The van der Waals surface area contributed by atoms with Crippen LogP contribution in [0.1, 0.15) is 17.3 Å². The van der Waals surface area contributed by atoms with E-state index in [-0.39, 0.29) is 6.04 Å². The monoisotopic (exact) mass is 234 g/mol. The number of hydrogen-bond acceptors (Lipinski definition) is 1. The molecule has 17 heavy (non-hydrogen) atoms. The highest BCUT2D eigenvalue weighted by Crippen LogP contribution is 2.26. The summed E-state index contributed by atoms with van der Waals surface area (Å²) in [7, 11) is 0. The summed E-state index contributed by atoms with van der Waals surface area (Å²) in [4.78, 5) is 0. The third-order valence-corrected chi connectivity index (χ3v) is 3.14. The van der Waals surface area contributed by atoms with Gasteiger partial charge in [0.15, 0.2) is 11.6 Å². The zero-order chi connectivity index (χ0) is 11.8. The predicted octanol–water partition coefficient (Wildman–Crippen LogP) is 2.46. The number of aromatic nitrogens is 1. The summed E-state index contributed by atoms with van der Waals surface area (Å²) in [6.07, 6.45) is 2.00. The first kappa shape index (κ1) is 10.5. The largest absolute Gasteiger partial charge is 0.348 e. The molecule has 0 aliphatic carbocycles. The van der Waals surface area contributed by atoms with E-state index in [1.165, 1.54) is 12.1 Å². The van der Waals surface area contributed by atoms with Crippen molar-refractivity contribution in [3.05, 3.63) is 59.4 Å². The van der Waals surface area contributed by atoms with Crippen LogP contribution in [0.15, 0.2) is 36.5 Å². The molecule has 4 heteroatoms. The van der Waals surface area contributed by atoms with E-state index in [0.717, 1.165) is 24.3 Å².